The molecule has 1 aliphatic heterocycles. The Bertz CT molecular complexity index is 697. The number of nitrogens with one attached hydrogen (secondary N) is 1. The van der Waals surface area contributed by atoms with Gasteiger partial charge in [-0.15, -0.1) is 0 Å². The number of urea groups is 1. The van der Waals surface area contributed by atoms with Gasteiger partial charge in [-0.3, -0.25) is 4.79 Å². The van der Waals surface area contributed by atoms with E-state index >= 15 is 0 Å². The molecule has 2 bridgehead atoms. The Kier molecular flexibility index (Phi) is 4.61. The summed E-state index contributed by atoms with van der Waals surface area (Å²) in [4.78, 5) is 29.1. The second-order valence-electron chi connectivity index (χ2n) is 8.05. The first kappa shape index (κ1) is 17.3. The summed E-state index contributed by atoms with van der Waals surface area (Å²) >= 11 is 0. The van der Waals surface area contributed by atoms with Gasteiger partial charge in [-0.25, -0.2) is 4.79 Å². The van der Waals surface area contributed by atoms with E-state index in [1.807, 2.05) is 36.1 Å². The monoisotopic (exact) mass is 356 g/mol. The van der Waals surface area contributed by atoms with Gasteiger partial charge in [0.15, 0.2) is 0 Å². The van der Waals surface area contributed by atoms with E-state index in [4.69, 9.17) is 5.73 Å². The summed E-state index contributed by atoms with van der Waals surface area (Å²) in [5.74, 6) is 1.23. The van der Waals surface area contributed by atoms with Gasteiger partial charge in [0.1, 0.15) is 0 Å². The average molecular weight is 356 g/mol. The average Bonchev–Trinajstić information content (AvgIpc) is 3.22. The Labute approximate surface area is 154 Å². The van der Waals surface area contributed by atoms with Gasteiger partial charge in [0.2, 0.25) is 5.91 Å². The fraction of sp³-hybridized carbons (Fsp3) is 0.600. The van der Waals surface area contributed by atoms with Crippen molar-refractivity contribution in [3.63, 3.8) is 0 Å². The van der Waals surface area contributed by atoms with E-state index in [9.17, 15) is 9.59 Å². The molecule has 6 heteroatoms. The maximum Gasteiger partial charge on any atom is 0.321 e. The number of benzene rings is 1. The smallest absolute Gasteiger partial charge is 0.321 e. The molecule has 140 valence electrons. The predicted molar refractivity (Wildman–Crippen MR) is 101 cm³/mol. The normalized spacial score (nSPS) is 30.5. The molecule has 3 fully saturated rings. The van der Waals surface area contributed by atoms with E-state index < -0.39 is 0 Å². The SMILES string of the molecule is Cc1cccc(NC(=O)N2CCN(C(=O)C3C4CCC(C4)C3N)CC2)c1. The van der Waals surface area contributed by atoms with Crippen molar-refractivity contribution in [3.8, 4) is 0 Å². The van der Waals surface area contributed by atoms with Crippen molar-refractivity contribution in [1.82, 2.24) is 9.80 Å². The maximum atomic E-state index is 12.9. The first-order chi connectivity index (χ1) is 12.5. The van der Waals surface area contributed by atoms with Gasteiger partial charge in [-0.1, -0.05) is 12.1 Å². The molecular weight excluding hydrogens is 328 g/mol. The number of nitrogens with zero attached hydrogens (tertiary/aromatic N) is 2. The lowest BCUT2D eigenvalue weighted by Crippen LogP contribution is -2.55. The zero-order valence-corrected chi connectivity index (χ0v) is 15.4. The van der Waals surface area contributed by atoms with Crippen LogP contribution in [0, 0.1) is 24.7 Å². The molecule has 1 saturated heterocycles. The van der Waals surface area contributed by atoms with Crippen molar-refractivity contribution >= 4 is 17.6 Å². The third-order valence-corrected chi connectivity index (χ3v) is 6.41. The second kappa shape index (κ2) is 6.91. The summed E-state index contributed by atoms with van der Waals surface area (Å²) in [6.45, 7) is 4.33. The first-order valence-electron chi connectivity index (χ1n) is 9.70. The van der Waals surface area contributed by atoms with Gasteiger partial charge in [0.05, 0.1) is 5.92 Å². The molecule has 2 aliphatic carbocycles. The predicted octanol–water partition coefficient (Wildman–Crippen LogP) is 2.04. The van der Waals surface area contributed by atoms with Gasteiger partial charge in [-0.2, -0.15) is 0 Å². The van der Waals surface area contributed by atoms with Crippen LogP contribution in [0.5, 0.6) is 0 Å². The molecule has 0 radical (unpaired) electrons. The van der Waals surface area contributed by atoms with Gasteiger partial charge in [0.25, 0.3) is 0 Å². The molecule has 4 atom stereocenters. The van der Waals surface area contributed by atoms with Crippen molar-refractivity contribution in [2.45, 2.75) is 32.2 Å². The molecule has 1 aromatic carbocycles. The molecule has 0 spiro atoms. The van der Waals surface area contributed by atoms with E-state index in [1.54, 1.807) is 4.90 Å². The highest BCUT2D eigenvalue weighted by Crippen LogP contribution is 2.48. The number of piperazine rings is 1. The lowest BCUT2D eigenvalue weighted by molar-refractivity contribution is -0.139. The highest BCUT2D eigenvalue weighted by atomic mass is 16.2. The first-order valence-corrected chi connectivity index (χ1v) is 9.70. The lowest BCUT2D eigenvalue weighted by atomic mass is 9.84. The Morgan fingerprint density at radius 3 is 2.42 bits per heavy atom. The molecule has 6 nitrogen and oxygen atoms in total. The molecule has 4 unspecified atom stereocenters. The largest absolute Gasteiger partial charge is 0.339 e. The van der Waals surface area contributed by atoms with Crippen LogP contribution in [0.3, 0.4) is 0 Å². The zero-order chi connectivity index (χ0) is 18.3. The van der Waals surface area contributed by atoms with Crippen molar-refractivity contribution in [2.75, 3.05) is 31.5 Å². The molecule has 4 rings (SSSR count). The number of nitrogens with two attached hydrogens (primary N) is 1. The van der Waals surface area contributed by atoms with Crippen LogP contribution in [0.4, 0.5) is 10.5 Å². The molecule has 1 heterocycles. The van der Waals surface area contributed by atoms with Crippen LogP contribution < -0.4 is 11.1 Å². The Hall–Kier alpha value is -2.08. The Morgan fingerprint density at radius 2 is 1.77 bits per heavy atom. The van der Waals surface area contributed by atoms with Crippen molar-refractivity contribution < 1.29 is 9.59 Å². The van der Waals surface area contributed by atoms with Crippen LogP contribution in [0.15, 0.2) is 24.3 Å². The van der Waals surface area contributed by atoms with Crippen molar-refractivity contribution in [2.24, 2.45) is 23.5 Å². The number of amides is 3. The number of fused-ring (bicyclic) bond motifs is 2. The van der Waals surface area contributed by atoms with Crippen LogP contribution >= 0.6 is 0 Å². The van der Waals surface area contributed by atoms with Crippen LogP contribution in [-0.4, -0.2) is 54.0 Å². The van der Waals surface area contributed by atoms with Gasteiger partial charge in [-0.05, 0) is 55.7 Å². The topological polar surface area (TPSA) is 78.7 Å². The molecule has 1 aromatic rings. The summed E-state index contributed by atoms with van der Waals surface area (Å²) in [7, 11) is 0. The highest BCUT2D eigenvalue weighted by Gasteiger charge is 2.50. The summed E-state index contributed by atoms with van der Waals surface area (Å²) in [6.07, 6.45) is 3.45. The van der Waals surface area contributed by atoms with Gasteiger partial charge < -0.3 is 20.9 Å². The zero-order valence-electron chi connectivity index (χ0n) is 15.4. The molecule has 3 N–H and O–H groups in total. The van der Waals surface area contributed by atoms with Crippen LogP contribution in [0.25, 0.3) is 0 Å². The highest BCUT2D eigenvalue weighted by molar-refractivity contribution is 5.89. The van der Waals surface area contributed by atoms with Crippen molar-refractivity contribution in [1.29, 1.82) is 0 Å². The van der Waals surface area contributed by atoms with Gasteiger partial charge in [0, 0.05) is 37.9 Å². The number of aryl methyl sites for hydroxylation is 1. The van der Waals surface area contributed by atoms with Gasteiger partial charge >= 0.3 is 6.03 Å². The number of carbonyl (C=O) groups excluding carboxylic acids is 2. The number of hydrogen-bond acceptors (Lipinski definition) is 3. The summed E-state index contributed by atoms with van der Waals surface area (Å²) in [6, 6.07) is 7.71. The number of rotatable bonds is 2. The minimum atomic E-state index is -0.0978. The Balaban J connectivity index is 1.31. The summed E-state index contributed by atoms with van der Waals surface area (Å²) < 4.78 is 0. The van der Waals surface area contributed by atoms with E-state index in [2.05, 4.69) is 5.32 Å². The minimum Gasteiger partial charge on any atom is -0.339 e. The van der Waals surface area contributed by atoms with Crippen molar-refractivity contribution in [3.05, 3.63) is 29.8 Å². The summed E-state index contributed by atoms with van der Waals surface area (Å²) in [5.41, 5.74) is 8.24. The molecule has 0 aromatic heterocycles. The molecule has 26 heavy (non-hydrogen) atoms. The Morgan fingerprint density at radius 1 is 1.08 bits per heavy atom. The van der Waals surface area contributed by atoms with Crippen LogP contribution in [-0.2, 0) is 4.79 Å². The number of hydrogen-bond donors (Lipinski definition) is 2. The third-order valence-electron chi connectivity index (χ3n) is 6.41. The van der Waals surface area contributed by atoms with E-state index in [-0.39, 0.29) is 23.9 Å². The molecule has 2 saturated carbocycles. The third kappa shape index (κ3) is 3.18. The van der Waals surface area contributed by atoms with Crippen LogP contribution in [0.1, 0.15) is 24.8 Å². The molecular formula is C20H28N4O2. The number of anilines is 1. The van der Waals surface area contributed by atoms with E-state index in [0.29, 0.717) is 38.0 Å². The van der Waals surface area contributed by atoms with Crippen LogP contribution in [0.2, 0.25) is 0 Å². The standard InChI is InChI=1S/C20H28N4O2/c1-13-3-2-4-16(11-13)22-20(26)24-9-7-23(8-10-24)19(25)17-14-5-6-15(12-14)18(17)21/h2-4,11,14-15,17-18H,5-10,12,21H2,1H3,(H,22,26). The van der Waals surface area contributed by atoms with E-state index in [1.165, 1.54) is 6.42 Å². The fourth-order valence-electron chi connectivity index (χ4n) is 4.97. The fourth-order valence-corrected chi connectivity index (χ4v) is 4.97. The number of carbonyl (C=O) groups is 2. The lowest BCUT2D eigenvalue weighted by Gasteiger charge is -2.38. The summed E-state index contributed by atoms with van der Waals surface area (Å²) in [5, 5.41) is 2.94. The molecule has 3 amide bonds. The quantitative estimate of drug-likeness (QED) is 0.851. The minimum absolute atomic E-state index is 0.00132. The molecule has 3 aliphatic rings. The maximum absolute atomic E-state index is 12.9. The second-order valence-corrected chi connectivity index (χ2v) is 8.05. The van der Waals surface area contributed by atoms with E-state index in [0.717, 1.165) is 24.1 Å².